The van der Waals surface area contributed by atoms with Crippen molar-refractivity contribution in [2.24, 2.45) is 5.92 Å². The second-order valence-corrected chi connectivity index (χ2v) is 10.7. The van der Waals surface area contributed by atoms with Gasteiger partial charge < -0.3 is 16.0 Å². The normalized spacial score (nSPS) is 17.8. The van der Waals surface area contributed by atoms with Gasteiger partial charge in [0.15, 0.2) is 5.82 Å². The van der Waals surface area contributed by atoms with Crippen molar-refractivity contribution in [3.8, 4) is 0 Å². The van der Waals surface area contributed by atoms with E-state index >= 15 is 0 Å². The molecular weight excluding hydrogens is 597 g/mol. The maximum atomic E-state index is 14.6. The van der Waals surface area contributed by atoms with Crippen LogP contribution in [0.2, 0.25) is 15.1 Å². The third-order valence-corrected chi connectivity index (χ3v) is 7.84. The number of hydrogen-bond donors (Lipinski definition) is 3. The lowest BCUT2D eigenvalue weighted by Crippen LogP contribution is -2.19. The number of nitrogens with one attached hydrogen (secondary N) is 3. The van der Waals surface area contributed by atoms with Gasteiger partial charge in [-0.15, -0.1) is 23.2 Å². The molecule has 0 unspecified atom stereocenters. The molecule has 0 spiro atoms. The van der Waals surface area contributed by atoms with Gasteiger partial charge in [-0.25, -0.2) is 13.2 Å². The predicted octanol–water partition coefficient (Wildman–Crippen LogP) is 7.88. The molecule has 3 aromatic rings. The van der Waals surface area contributed by atoms with Crippen molar-refractivity contribution in [3.05, 3.63) is 86.1 Å². The minimum Gasteiger partial charge on any atom is -0.386 e. The number of carbonyl (C=O) groups is 2. The van der Waals surface area contributed by atoms with Crippen molar-refractivity contribution in [3.63, 3.8) is 0 Å². The van der Waals surface area contributed by atoms with Crippen molar-refractivity contribution in [2.45, 2.75) is 10.3 Å². The van der Waals surface area contributed by atoms with E-state index in [2.05, 4.69) is 10.6 Å². The van der Waals surface area contributed by atoms with Gasteiger partial charge in [-0.05, 0) is 42.0 Å². The number of rotatable bonds is 6. The number of anilines is 3. The van der Waals surface area contributed by atoms with Gasteiger partial charge in [0.1, 0.15) is 21.7 Å². The lowest BCUT2D eigenvalue weighted by molar-refractivity contribution is -0.117. The Hall–Kier alpha value is -2.36. The van der Waals surface area contributed by atoms with E-state index in [0.29, 0.717) is 10.6 Å². The van der Waals surface area contributed by atoms with Crippen LogP contribution in [-0.2, 0) is 4.79 Å². The summed E-state index contributed by atoms with van der Waals surface area (Å²) in [6.07, 6.45) is 0. The molecule has 3 N–H and O–H groups in total. The Morgan fingerprint density at radius 2 is 1.59 bits per heavy atom. The van der Waals surface area contributed by atoms with Gasteiger partial charge in [-0.1, -0.05) is 40.9 Å². The Balaban J connectivity index is 1.57. The molecule has 0 radical (unpaired) electrons. The van der Waals surface area contributed by atoms with Gasteiger partial charge in [0.05, 0.1) is 32.2 Å². The second-order valence-electron chi connectivity index (χ2n) is 8.10. The van der Waals surface area contributed by atoms with Crippen molar-refractivity contribution in [1.82, 2.24) is 0 Å². The molecule has 0 bridgehead atoms. The van der Waals surface area contributed by atoms with Crippen LogP contribution < -0.4 is 16.0 Å². The van der Waals surface area contributed by atoms with Crippen LogP contribution in [0.4, 0.5) is 30.2 Å². The summed E-state index contributed by atoms with van der Waals surface area (Å²) in [6, 6.07) is 8.70. The first-order chi connectivity index (χ1) is 17.4. The van der Waals surface area contributed by atoms with Gasteiger partial charge in [0.25, 0.3) is 5.91 Å². The molecule has 5 nitrogen and oxygen atoms in total. The minimum absolute atomic E-state index is 0.0819. The lowest BCUT2D eigenvalue weighted by atomic mass is 10.1. The predicted molar refractivity (Wildman–Crippen MR) is 141 cm³/mol. The molecule has 1 fully saturated rings. The van der Waals surface area contributed by atoms with E-state index < -0.39 is 61.7 Å². The topological polar surface area (TPSA) is 70.2 Å². The van der Waals surface area contributed by atoms with Gasteiger partial charge in [0.2, 0.25) is 5.91 Å². The highest BCUT2D eigenvalue weighted by molar-refractivity contribution is 6.53. The zero-order valence-corrected chi connectivity index (χ0v) is 22.3. The van der Waals surface area contributed by atoms with Crippen LogP contribution in [0.25, 0.3) is 0 Å². The fraction of sp³-hybridized carbons (Fsp3) is 0.167. The highest BCUT2D eigenvalue weighted by Gasteiger charge is 2.67. The fourth-order valence-electron chi connectivity index (χ4n) is 3.86. The smallest absolute Gasteiger partial charge is 0.257 e. The van der Waals surface area contributed by atoms with Gasteiger partial charge in [-0.2, -0.15) is 0 Å². The summed E-state index contributed by atoms with van der Waals surface area (Å²) in [7, 11) is 1.41. The molecule has 0 heterocycles. The summed E-state index contributed by atoms with van der Waals surface area (Å²) in [6.45, 7) is 0. The molecule has 1 aliphatic rings. The molecule has 2 amide bonds. The molecule has 0 saturated heterocycles. The SMILES string of the molecule is CNc1ccc(F)c(NC(=O)c2cc(NC(=O)[C@H]3[C@H](c4ccc(Cl)c(Cl)c4)C3(Cl)Cl)cc(F)c2Cl)c1F. The molecule has 2 atom stereocenters. The van der Waals surface area contributed by atoms with Crippen LogP contribution in [0.1, 0.15) is 21.8 Å². The summed E-state index contributed by atoms with van der Waals surface area (Å²) in [5, 5.41) is 6.94. The number of benzene rings is 3. The van der Waals surface area contributed by atoms with Gasteiger partial charge in [0, 0.05) is 18.7 Å². The van der Waals surface area contributed by atoms with E-state index in [-0.39, 0.29) is 16.4 Å². The minimum atomic E-state index is -1.49. The molecule has 13 heteroatoms. The first kappa shape index (κ1) is 27.7. The average molecular weight is 612 g/mol. The average Bonchev–Trinajstić information content (AvgIpc) is 3.42. The highest BCUT2D eigenvalue weighted by Crippen LogP contribution is 2.65. The largest absolute Gasteiger partial charge is 0.386 e. The Kier molecular flexibility index (Phi) is 7.79. The fourth-order valence-corrected chi connectivity index (χ4v) is 5.19. The zero-order valence-electron chi connectivity index (χ0n) is 18.5. The maximum absolute atomic E-state index is 14.6. The van der Waals surface area contributed by atoms with Crippen LogP contribution in [0.5, 0.6) is 0 Å². The molecular formula is C24H15Cl5F3N3O2. The van der Waals surface area contributed by atoms with Gasteiger partial charge >= 0.3 is 0 Å². The molecule has 1 aliphatic carbocycles. The first-order valence-electron chi connectivity index (χ1n) is 10.5. The number of alkyl halides is 2. The maximum Gasteiger partial charge on any atom is 0.257 e. The third-order valence-electron chi connectivity index (χ3n) is 5.78. The quantitative estimate of drug-likeness (QED) is 0.249. The van der Waals surface area contributed by atoms with Gasteiger partial charge in [-0.3, -0.25) is 9.59 Å². The first-order valence-corrected chi connectivity index (χ1v) is 12.4. The van der Waals surface area contributed by atoms with E-state index in [4.69, 9.17) is 58.0 Å². The summed E-state index contributed by atoms with van der Waals surface area (Å²) >= 11 is 30.6. The van der Waals surface area contributed by atoms with Crippen molar-refractivity contribution in [1.29, 1.82) is 0 Å². The third kappa shape index (κ3) is 5.31. The van der Waals surface area contributed by atoms with Crippen molar-refractivity contribution in [2.75, 3.05) is 23.0 Å². The van der Waals surface area contributed by atoms with E-state index in [9.17, 15) is 22.8 Å². The van der Waals surface area contributed by atoms with Crippen LogP contribution in [-0.4, -0.2) is 23.2 Å². The molecule has 1 saturated carbocycles. The number of amides is 2. The van der Waals surface area contributed by atoms with Crippen LogP contribution in [0.15, 0.2) is 42.5 Å². The molecule has 3 aromatic carbocycles. The standard InChI is InChI=1S/C24H15Cl5F3N3O2/c1-33-16-5-4-14(30)21(20(16)32)35-22(36)11-7-10(8-15(31)19(11)27)34-23(37)18-17(24(18,28)29)9-2-3-12(25)13(26)6-9/h2-8,17-18,33H,1H3,(H,34,37)(H,35,36)/t17-,18+/m0/s1. The van der Waals surface area contributed by atoms with E-state index in [1.165, 1.54) is 19.2 Å². The van der Waals surface area contributed by atoms with E-state index in [1.54, 1.807) is 6.07 Å². The van der Waals surface area contributed by atoms with Crippen LogP contribution >= 0.6 is 58.0 Å². The summed E-state index contributed by atoms with van der Waals surface area (Å²) < 4.78 is 41.8. The Bertz CT molecular complexity index is 1440. The zero-order chi connectivity index (χ0) is 27.2. The lowest BCUT2D eigenvalue weighted by Gasteiger charge is -2.13. The Morgan fingerprint density at radius 3 is 2.24 bits per heavy atom. The summed E-state index contributed by atoms with van der Waals surface area (Å²) in [5.41, 5.74) is -0.924. The Morgan fingerprint density at radius 1 is 0.892 bits per heavy atom. The summed E-state index contributed by atoms with van der Waals surface area (Å²) in [4.78, 5) is 25.7. The highest BCUT2D eigenvalue weighted by atomic mass is 35.5. The van der Waals surface area contributed by atoms with Crippen LogP contribution in [0, 0.1) is 23.4 Å². The van der Waals surface area contributed by atoms with E-state index in [0.717, 1.165) is 24.3 Å². The molecule has 0 aliphatic heterocycles. The molecule has 194 valence electrons. The molecule has 37 heavy (non-hydrogen) atoms. The Labute approximate surface area is 234 Å². The summed E-state index contributed by atoms with van der Waals surface area (Å²) in [5.74, 6) is -6.57. The van der Waals surface area contributed by atoms with Crippen molar-refractivity contribution < 1.29 is 22.8 Å². The number of halogens is 8. The molecule has 0 aromatic heterocycles. The number of carbonyl (C=O) groups excluding carboxylic acids is 2. The second kappa shape index (κ2) is 10.4. The molecule has 4 rings (SSSR count). The monoisotopic (exact) mass is 609 g/mol. The van der Waals surface area contributed by atoms with Crippen LogP contribution in [0.3, 0.4) is 0 Å². The number of hydrogen-bond acceptors (Lipinski definition) is 3. The van der Waals surface area contributed by atoms with E-state index in [1.807, 2.05) is 5.32 Å². The van der Waals surface area contributed by atoms with Crippen molar-refractivity contribution >= 4 is 86.9 Å².